The van der Waals surface area contributed by atoms with Gasteiger partial charge in [0.15, 0.2) is 0 Å². The Morgan fingerprint density at radius 2 is 1.86 bits per heavy atom. The minimum absolute atomic E-state index is 0.735. The largest absolute Gasteiger partial charge is 0.495 e. The zero-order valence-electron chi connectivity index (χ0n) is 14.0. The Balaban J connectivity index is 1.70. The summed E-state index contributed by atoms with van der Waals surface area (Å²) >= 11 is 0. The number of rotatable bonds is 4. The van der Waals surface area contributed by atoms with Crippen molar-refractivity contribution in [2.24, 2.45) is 0 Å². The monoisotopic (exact) mass is 304 g/mol. The Labute approximate surface area is 133 Å². The molecule has 0 aromatic heterocycles. The molecule has 0 unspecified atom stereocenters. The van der Waals surface area contributed by atoms with Crippen molar-refractivity contribution in [2.45, 2.75) is 19.4 Å². The van der Waals surface area contributed by atoms with E-state index in [1.54, 1.807) is 7.11 Å². The molecule has 0 saturated carbocycles. The van der Waals surface area contributed by atoms with Gasteiger partial charge in [0.05, 0.1) is 12.8 Å². The van der Waals surface area contributed by atoms with E-state index in [1.165, 1.54) is 24.3 Å². The van der Waals surface area contributed by atoms with Crippen LogP contribution in [-0.2, 0) is 6.42 Å². The van der Waals surface area contributed by atoms with Crippen LogP contribution >= 0.6 is 0 Å². The van der Waals surface area contributed by atoms with E-state index in [9.17, 15) is 0 Å². The first kappa shape index (κ1) is 15.4. The van der Waals surface area contributed by atoms with Gasteiger partial charge in [0.1, 0.15) is 5.75 Å². The molecule has 0 radical (unpaired) electrons. The maximum Gasteiger partial charge on any atom is 0.143 e. The van der Waals surface area contributed by atoms with Crippen molar-refractivity contribution >= 4 is 11.4 Å². The molecule has 2 aliphatic heterocycles. The molecule has 122 valence electrons. The number of likely N-dealkylation sites (N-methyl/N-ethyl adjacent to an activating group) is 1. The minimum atomic E-state index is 0.735. The Bertz CT molecular complexity index is 520. The van der Waals surface area contributed by atoms with E-state index in [-0.39, 0.29) is 0 Å². The van der Waals surface area contributed by atoms with Crippen LogP contribution in [0.2, 0.25) is 0 Å². The van der Waals surface area contributed by atoms with Crippen LogP contribution in [0.4, 0.5) is 11.4 Å². The molecule has 2 aliphatic rings. The van der Waals surface area contributed by atoms with Crippen molar-refractivity contribution in [2.75, 3.05) is 64.1 Å². The molecule has 5 nitrogen and oxygen atoms in total. The van der Waals surface area contributed by atoms with Crippen LogP contribution in [0.5, 0.6) is 5.75 Å². The summed E-state index contributed by atoms with van der Waals surface area (Å²) < 4.78 is 5.41. The van der Waals surface area contributed by atoms with Crippen molar-refractivity contribution in [1.29, 1.82) is 0 Å². The first-order valence-electron chi connectivity index (χ1n) is 8.26. The molecule has 0 aliphatic carbocycles. The first-order chi connectivity index (χ1) is 10.6. The normalized spacial score (nSPS) is 21.0. The van der Waals surface area contributed by atoms with E-state index < -0.39 is 0 Å². The Morgan fingerprint density at radius 1 is 1.18 bits per heavy atom. The lowest BCUT2D eigenvalue weighted by atomic mass is 10.0. The van der Waals surface area contributed by atoms with Crippen molar-refractivity contribution in [3.8, 4) is 5.75 Å². The van der Waals surface area contributed by atoms with Crippen LogP contribution in [0.15, 0.2) is 12.1 Å². The number of piperazine rings is 1. The standard InChI is InChI=1S/C17H28N4O/c1-4-13-9-15(18)17(22-3)10-16(13)21-7-5-20(6-8-21)14-11-19(2)12-14/h9-10,14H,4-8,11-12,18H2,1-3H3. The molecular weight excluding hydrogens is 276 g/mol. The van der Waals surface area contributed by atoms with Gasteiger partial charge in [0.2, 0.25) is 0 Å². The average Bonchev–Trinajstić information content (AvgIpc) is 2.52. The molecule has 0 atom stereocenters. The molecule has 1 aromatic rings. The third-order valence-electron chi connectivity index (χ3n) is 5.03. The van der Waals surface area contributed by atoms with Gasteiger partial charge in [0, 0.05) is 57.1 Å². The average molecular weight is 304 g/mol. The second kappa shape index (κ2) is 6.34. The van der Waals surface area contributed by atoms with Gasteiger partial charge in [-0.15, -0.1) is 0 Å². The summed E-state index contributed by atoms with van der Waals surface area (Å²) in [6.07, 6.45) is 0.997. The summed E-state index contributed by atoms with van der Waals surface area (Å²) in [5.74, 6) is 0.787. The van der Waals surface area contributed by atoms with Gasteiger partial charge >= 0.3 is 0 Å². The first-order valence-corrected chi connectivity index (χ1v) is 8.26. The molecular formula is C17H28N4O. The van der Waals surface area contributed by atoms with E-state index in [1.807, 2.05) is 0 Å². The van der Waals surface area contributed by atoms with E-state index in [0.717, 1.165) is 50.1 Å². The van der Waals surface area contributed by atoms with Gasteiger partial charge in [-0.3, -0.25) is 4.90 Å². The van der Waals surface area contributed by atoms with Crippen molar-refractivity contribution in [3.05, 3.63) is 17.7 Å². The predicted molar refractivity (Wildman–Crippen MR) is 91.9 cm³/mol. The predicted octanol–water partition coefficient (Wildman–Crippen LogP) is 1.28. The molecule has 2 N–H and O–H groups in total. The molecule has 2 saturated heterocycles. The van der Waals surface area contributed by atoms with E-state index in [4.69, 9.17) is 10.5 Å². The third-order valence-corrected chi connectivity index (χ3v) is 5.03. The van der Waals surface area contributed by atoms with E-state index in [0.29, 0.717) is 0 Å². The molecule has 0 spiro atoms. The zero-order chi connectivity index (χ0) is 15.7. The van der Waals surface area contributed by atoms with Gasteiger partial charge < -0.3 is 20.3 Å². The van der Waals surface area contributed by atoms with Crippen LogP contribution in [0.1, 0.15) is 12.5 Å². The second-order valence-corrected chi connectivity index (χ2v) is 6.47. The fourth-order valence-corrected chi connectivity index (χ4v) is 3.61. The number of anilines is 2. The van der Waals surface area contributed by atoms with Crippen molar-refractivity contribution in [1.82, 2.24) is 9.80 Å². The van der Waals surface area contributed by atoms with Gasteiger partial charge in [-0.05, 0) is 25.1 Å². The lowest BCUT2D eigenvalue weighted by Crippen LogP contribution is -2.62. The molecule has 1 aromatic carbocycles. The Morgan fingerprint density at radius 3 is 2.41 bits per heavy atom. The van der Waals surface area contributed by atoms with Crippen LogP contribution in [-0.4, -0.2) is 69.3 Å². The summed E-state index contributed by atoms with van der Waals surface area (Å²) in [7, 11) is 3.88. The van der Waals surface area contributed by atoms with E-state index >= 15 is 0 Å². The molecule has 2 heterocycles. The van der Waals surface area contributed by atoms with Gasteiger partial charge in [0.25, 0.3) is 0 Å². The SMILES string of the molecule is CCc1cc(N)c(OC)cc1N1CCN(C2CN(C)C2)CC1. The van der Waals surface area contributed by atoms with Gasteiger partial charge in [-0.1, -0.05) is 6.92 Å². The molecule has 22 heavy (non-hydrogen) atoms. The maximum atomic E-state index is 6.05. The summed E-state index contributed by atoms with van der Waals surface area (Å²) in [4.78, 5) is 7.51. The second-order valence-electron chi connectivity index (χ2n) is 6.47. The highest BCUT2D eigenvalue weighted by atomic mass is 16.5. The van der Waals surface area contributed by atoms with Crippen molar-refractivity contribution in [3.63, 3.8) is 0 Å². The number of nitrogens with zero attached hydrogens (tertiary/aromatic N) is 3. The highest BCUT2D eigenvalue weighted by Gasteiger charge is 2.31. The molecule has 0 amide bonds. The minimum Gasteiger partial charge on any atom is -0.495 e. The number of ether oxygens (including phenoxy) is 1. The molecule has 2 fully saturated rings. The smallest absolute Gasteiger partial charge is 0.143 e. The van der Waals surface area contributed by atoms with E-state index in [2.05, 4.69) is 40.8 Å². The number of methoxy groups -OCH3 is 1. The summed E-state index contributed by atoms with van der Waals surface area (Å²) in [5.41, 5.74) is 9.39. The number of nitrogen functional groups attached to an aromatic ring is 1. The lowest BCUT2D eigenvalue weighted by molar-refractivity contribution is 0.0487. The number of aryl methyl sites for hydroxylation is 1. The zero-order valence-corrected chi connectivity index (χ0v) is 14.0. The van der Waals surface area contributed by atoms with Crippen LogP contribution < -0.4 is 15.4 Å². The van der Waals surface area contributed by atoms with Gasteiger partial charge in [-0.25, -0.2) is 0 Å². The highest BCUT2D eigenvalue weighted by molar-refractivity contribution is 5.67. The number of likely N-dealkylation sites (tertiary alicyclic amines) is 1. The molecule has 0 bridgehead atoms. The van der Waals surface area contributed by atoms with Crippen molar-refractivity contribution < 1.29 is 4.74 Å². The Hall–Kier alpha value is -1.46. The highest BCUT2D eigenvalue weighted by Crippen LogP contribution is 2.33. The maximum absolute atomic E-state index is 6.05. The molecule has 5 heteroatoms. The fourth-order valence-electron chi connectivity index (χ4n) is 3.61. The summed E-state index contributed by atoms with van der Waals surface area (Å²) in [6.45, 7) is 9.08. The topological polar surface area (TPSA) is 45.0 Å². The fraction of sp³-hybridized carbons (Fsp3) is 0.647. The van der Waals surface area contributed by atoms with Crippen LogP contribution in [0.3, 0.4) is 0 Å². The summed E-state index contributed by atoms with van der Waals surface area (Å²) in [5, 5.41) is 0. The number of hydrogen-bond acceptors (Lipinski definition) is 5. The Kier molecular flexibility index (Phi) is 4.45. The third kappa shape index (κ3) is 2.88. The number of hydrogen-bond donors (Lipinski definition) is 1. The quantitative estimate of drug-likeness (QED) is 0.849. The number of benzene rings is 1. The summed E-state index contributed by atoms with van der Waals surface area (Å²) in [6, 6.07) is 4.95. The lowest BCUT2D eigenvalue weighted by Gasteiger charge is -2.47. The molecule has 3 rings (SSSR count). The van der Waals surface area contributed by atoms with Crippen LogP contribution in [0, 0.1) is 0 Å². The van der Waals surface area contributed by atoms with Crippen LogP contribution in [0.25, 0.3) is 0 Å². The van der Waals surface area contributed by atoms with Gasteiger partial charge in [-0.2, -0.15) is 0 Å². The number of nitrogens with two attached hydrogens (primary N) is 1.